The normalized spacial score (nSPS) is 10.3. The van der Waals surface area contributed by atoms with Gasteiger partial charge in [-0.25, -0.2) is 4.39 Å². The molecule has 0 fully saturated rings. The van der Waals surface area contributed by atoms with E-state index in [9.17, 15) is 4.39 Å². The Kier molecular flexibility index (Phi) is 3.56. The molecule has 2 aromatic rings. The Morgan fingerprint density at radius 2 is 1.88 bits per heavy atom. The molecule has 0 saturated heterocycles. The van der Waals surface area contributed by atoms with E-state index in [1.54, 1.807) is 30.7 Å². The van der Waals surface area contributed by atoms with Crippen LogP contribution in [0.5, 0.6) is 0 Å². The molecular formula is C12H12FN3. The maximum Gasteiger partial charge on any atom is 0.123 e. The summed E-state index contributed by atoms with van der Waals surface area (Å²) < 4.78 is 12.6. The number of nitrogens with zero attached hydrogens (tertiary/aromatic N) is 2. The molecule has 3 nitrogen and oxygen atoms in total. The highest BCUT2D eigenvalue weighted by Gasteiger charge is 1.95. The fraction of sp³-hybridized carbons (Fsp3) is 0.167. The summed E-state index contributed by atoms with van der Waals surface area (Å²) in [5.74, 6) is -0.210. The van der Waals surface area contributed by atoms with Gasteiger partial charge in [0.2, 0.25) is 0 Å². The third-order valence-electron chi connectivity index (χ3n) is 2.17. The fourth-order valence-corrected chi connectivity index (χ4v) is 1.36. The summed E-state index contributed by atoms with van der Waals surface area (Å²) in [5.41, 5.74) is 1.94. The second-order valence-electron chi connectivity index (χ2n) is 3.43. The van der Waals surface area contributed by atoms with Gasteiger partial charge in [-0.1, -0.05) is 12.1 Å². The lowest BCUT2D eigenvalue weighted by molar-refractivity contribution is 0.624. The van der Waals surface area contributed by atoms with Crippen LogP contribution in [0.15, 0.2) is 42.9 Å². The molecule has 16 heavy (non-hydrogen) atoms. The van der Waals surface area contributed by atoms with Crippen LogP contribution in [0, 0.1) is 5.82 Å². The lowest BCUT2D eigenvalue weighted by atomic mass is 10.2. The number of hydrogen-bond donors (Lipinski definition) is 1. The molecule has 0 unspecified atom stereocenters. The van der Waals surface area contributed by atoms with Gasteiger partial charge in [-0.2, -0.15) is 0 Å². The Morgan fingerprint density at radius 3 is 2.56 bits per heavy atom. The van der Waals surface area contributed by atoms with Gasteiger partial charge in [-0.3, -0.25) is 9.97 Å². The molecule has 1 N–H and O–H groups in total. The third kappa shape index (κ3) is 3.10. The highest BCUT2D eigenvalue weighted by molar-refractivity contribution is 5.15. The van der Waals surface area contributed by atoms with Crippen molar-refractivity contribution in [1.29, 1.82) is 0 Å². The zero-order chi connectivity index (χ0) is 11.2. The lowest BCUT2D eigenvalue weighted by Crippen LogP contribution is -2.13. The van der Waals surface area contributed by atoms with Crippen molar-refractivity contribution in [3.8, 4) is 0 Å². The number of hydrogen-bond acceptors (Lipinski definition) is 3. The van der Waals surface area contributed by atoms with Crippen LogP contribution in [0.3, 0.4) is 0 Å². The average Bonchev–Trinajstić information content (AvgIpc) is 2.33. The van der Waals surface area contributed by atoms with Crippen molar-refractivity contribution in [3.63, 3.8) is 0 Å². The molecule has 4 heteroatoms. The van der Waals surface area contributed by atoms with E-state index in [2.05, 4.69) is 15.3 Å². The summed E-state index contributed by atoms with van der Waals surface area (Å²) >= 11 is 0. The van der Waals surface area contributed by atoms with Crippen molar-refractivity contribution in [2.45, 2.75) is 13.1 Å². The zero-order valence-electron chi connectivity index (χ0n) is 8.73. The summed E-state index contributed by atoms with van der Waals surface area (Å²) in [6.07, 6.45) is 5.02. The molecule has 0 aliphatic rings. The summed E-state index contributed by atoms with van der Waals surface area (Å²) in [6, 6.07) is 6.44. The summed E-state index contributed by atoms with van der Waals surface area (Å²) in [4.78, 5) is 8.11. The average molecular weight is 217 g/mol. The number of rotatable bonds is 4. The molecular weight excluding hydrogens is 205 g/mol. The zero-order valence-corrected chi connectivity index (χ0v) is 8.73. The van der Waals surface area contributed by atoms with Gasteiger partial charge in [0, 0.05) is 31.7 Å². The lowest BCUT2D eigenvalue weighted by Gasteiger charge is -2.03. The van der Waals surface area contributed by atoms with Crippen molar-refractivity contribution >= 4 is 0 Å². The van der Waals surface area contributed by atoms with Crippen molar-refractivity contribution in [3.05, 3.63) is 59.9 Å². The molecule has 0 aliphatic carbocycles. The van der Waals surface area contributed by atoms with Crippen molar-refractivity contribution < 1.29 is 4.39 Å². The number of benzene rings is 1. The van der Waals surface area contributed by atoms with E-state index in [1.165, 1.54) is 12.1 Å². The van der Waals surface area contributed by atoms with Crippen LogP contribution in [-0.4, -0.2) is 9.97 Å². The largest absolute Gasteiger partial charge is 0.307 e. The van der Waals surface area contributed by atoms with E-state index in [4.69, 9.17) is 0 Å². The molecule has 1 aromatic heterocycles. The Hall–Kier alpha value is -1.81. The van der Waals surface area contributed by atoms with E-state index >= 15 is 0 Å². The molecule has 0 spiro atoms. The van der Waals surface area contributed by atoms with Gasteiger partial charge in [0.05, 0.1) is 5.69 Å². The van der Waals surface area contributed by atoms with Crippen LogP contribution < -0.4 is 5.32 Å². The van der Waals surface area contributed by atoms with Crippen LogP contribution in [0.1, 0.15) is 11.3 Å². The Balaban J connectivity index is 1.82. The van der Waals surface area contributed by atoms with Gasteiger partial charge in [-0.15, -0.1) is 0 Å². The maximum absolute atomic E-state index is 12.6. The molecule has 1 aromatic carbocycles. The quantitative estimate of drug-likeness (QED) is 0.850. The van der Waals surface area contributed by atoms with E-state index in [0.717, 1.165) is 11.3 Å². The van der Waals surface area contributed by atoms with Gasteiger partial charge in [0.1, 0.15) is 5.82 Å². The summed E-state index contributed by atoms with van der Waals surface area (Å²) in [6.45, 7) is 1.35. The molecule has 0 amide bonds. The van der Waals surface area contributed by atoms with Crippen molar-refractivity contribution in [1.82, 2.24) is 15.3 Å². The van der Waals surface area contributed by atoms with E-state index in [-0.39, 0.29) is 5.82 Å². The first-order valence-corrected chi connectivity index (χ1v) is 5.04. The van der Waals surface area contributed by atoms with Crippen LogP contribution >= 0.6 is 0 Å². The monoisotopic (exact) mass is 217 g/mol. The standard InChI is InChI=1S/C12H12FN3/c13-11-3-1-10(2-4-11)7-15-9-12-8-14-5-6-16-12/h1-6,8,15H,7,9H2. The Bertz CT molecular complexity index is 428. The van der Waals surface area contributed by atoms with E-state index in [1.807, 2.05) is 0 Å². The second-order valence-corrected chi connectivity index (χ2v) is 3.43. The highest BCUT2D eigenvalue weighted by Crippen LogP contribution is 2.02. The number of halogens is 1. The van der Waals surface area contributed by atoms with Crippen LogP contribution in [0.25, 0.3) is 0 Å². The molecule has 82 valence electrons. The van der Waals surface area contributed by atoms with E-state index in [0.29, 0.717) is 13.1 Å². The van der Waals surface area contributed by atoms with Crippen LogP contribution in [-0.2, 0) is 13.1 Å². The SMILES string of the molecule is Fc1ccc(CNCc2cnccn2)cc1. The number of nitrogens with one attached hydrogen (secondary N) is 1. The summed E-state index contributed by atoms with van der Waals surface area (Å²) in [5, 5.41) is 3.21. The first-order chi connectivity index (χ1) is 7.84. The molecule has 2 rings (SSSR count). The van der Waals surface area contributed by atoms with Crippen molar-refractivity contribution in [2.24, 2.45) is 0 Å². The minimum absolute atomic E-state index is 0.210. The van der Waals surface area contributed by atoms with Gasteiger partial charge >= 0.3 is 0 Å². The van der Waals surface area contributed by atoms with Gasteiger partial charge < -0.3 is 5.32 Å². The molecule has 0 radical (unpaired) electrons. The number of aromatic nitrogens is 2. The topological polar surface area (TPSA) is 37.8 Å². The molecule has 1 heterocycles. The Labute approximate surface area is 93.4 Å². The molecule has 0 bridgehead atoms. The van der Waals surface area contributed by atoms with Gasteiger partial charge in [0.15, 0.2) is 0 Å². The minimum atomic E-state index is -0.210. The Morgan fingerprint density at radius 1 is 1.06 bits per heavy atom. The predicted octanol–water partition coefficient (Wildman–Crippen LogP) is 1.91. The molecule has 0 atom stereocenters. The maximum atomic E-state index is 12.6. The summed E-state index contributed by atoms with van der Waals surface area (Å²) in [7, 11) is 0. The highest BCUT2D eigenvalue weighted by atomic mass is 19.1. The smallest absolute Gasteiger partial charge is 0.123 e. The van der Waals surface area contributed by atoms with Gasteiger partial charge in [0.25, 0.3) is 0 Å². The molecule has 0 saturated carbocycles. The third-order valence-corrected chi connectivity index (χ3v) is 2.17. The second kappa shape index (κ2) is 5.32. The van der Waals surface area contributed by atoms with Crippen LogP contribution in [0.2, 0.25) is 0 Å². The van der Waals surface area contributed by atoms with Crippen LogP contribution in [0.4, 0.5) is 4.39 Å². The van der Waals surface area contributed by atoms with Crippen molar-refractivity contribution in [2.75, 3.05) is 0 Å². The minimum Gasteiger partial charge on any atom is -0.307 e. The molecule has 0 aliphatic heterocycles. The first-order valence-electron chi connectivity index (χ1n) is 5.04. The first kappa shape index (κ1) is 10.7. The van der Waals surface area contributed by atoms with E-state index < -0.39 is 0 Å². The fourth-order valence-electron chi connectivity index (χ4n) is 1.36. The predicted molar refractivity (Wildman–Crippen MR) is 59.0 cm³/mol. The van der Waals surface area contributed by atoms with Gasteiger partial charge in [-0.05, 0) is 17.7 Å².